The van der Waals surface area contributed by atoms with E-state index in [0.29, 0.717) is 0 Å². The SMILES string of the molecule is Cc1ccc(F)cc1.Cc1ccc(S)cc1. The molecule has 84 valence electrons. The summed E-state index contributed by atoms with van der Waals surface area (Å²) in [5.41, 5.74) is 2.37. The molecule has 0 saturated carbocycles. The number of thiol groups is 1. The first kappa shape index (κ1) is 12.8. The number of hydrogen-bond acceptors (Lipinski definition) is 1. The summed E-state index contributed by atoms with van der Waals surface area (Å²) in [5, 5.41) is 0. The van der Waals surface area contributed by atoms with Gasteiger partial charge in [0.2, 0.25) is 0 Å². The van der Waals surface area contributed by atoms with E-state index in [-0.39, 0.29) is 5.82 Å². The fraction of sp³-hybridized carbons (Fsp3) is 0.143. The van der Waals surface area contributed by atoms with E-state index in [0.717, 1.165) is 10.5 Å². The van der Waals surface area contributed by atoms with E-state index in [1.807, 2.05) is 31.2 Å². The van der Waals surface area contributed by atoms with Crippen molar-refractivity contribution in [2.24, 2.45) is 0 Å². The van der Waals surface area contributed by atoms with Crippen molar-refractivity contribution in [2.75, 3.05) is 0 Å². The van der Waals surface area contributed by atoms with Gasteiger partial charge in [-0.15, -0.1) is 12.6 Å². The van der Waals surface area contributed by atoms with Crippen molar-refractivity contribution >= 4 is 12.6 Å². The van der Waals surface area contributed by atoms with Crippen molar-refractivity contribution in [2.45, 2.75) is 18.7 Å². The van der Waals surface area contributed by atoms with Crippen molar-refractivity contribution in [1.82, 2.24) is 0 Å². The highest BCUT2D eigenvalue weighted by atomic mass is 32.1. The third-order valence-corrected chi connectivity index (χ3v) is 2.34. The van der Waals surface area contributed by atoms with Crippen molar-refractivity contribution in [3.05, 3.63) is 65.5 Å². The Balaban J connectivity index is 0.000000160. The van der Waals surface area contributed by atoms with Gasteiger partial charge in [-0.1, -0.05) is 35.4 Å². The average molecular weight is 234 g/mol. The summed E-state index contributed by atoms with van der Waals surface area (Å²) in [5.74, 6) is -0.171. The van der Waals surface area contributed by atoms with Gasteiger partial charge in [-0.25, -0.2) is 4.39 Å². The molecule has 0 nitrogen and oxygen atoms in total. The number of hydrogen-bond donors (Lipinski definition) is 1. The molecule has 16 heavy (non-hydrogen) atoms. The molecule has 0 atom stereocenters. The Kier molecular flexibility index (Phi) is 5.06. The second-order valence-electron chi connectivity index (χ2n) is 3.63. The van der Waals surface area contributed by atoms with Crippen LogP contribution in [0.4, 0.5) is 4.39 Å². The van der Waals surface area contributed by atoms with E-state index in [9.17, 15) is 4.39 Å². The van der Waals surface area contributed by atoms with Gasteiger partial charge in [0.05, 0.1) is 0 Å². The van der Waals surface area contributed by atoms with Crippen LogP contribution >= 0.6 is 12.6 Å². The fourth-order valence-electron chi connectivity index (χ4n) is 1.08. The lowest BCUT2D eigenvalue weighted by atomic mass is 10.2. The van der Waals surface area contributed by atoms with Crippen LogP contribution in [0.15, 0.2) is 53.4 Å². The zero-order valence-electron chi connectivity index (χ0n) is 9.44. The zero-order chi connectivity index (χ0) is 12.0. The van der Waals surface area contributed by atoms with Gasteiger partial charge in [0.25, 0.3) is 0 Å². The molecule has 0 fully saturated rings. The summed E-state index contributed by atoms with van der Waals surface area (Å²) in [7, 11) is 0. The Labute approximate surface area is 102 Å². The predicted molar refractivity (Wildman–Crippen MR) is 69.6 cm³/mol. The minimum Gasteiger partial charge on any atom is -0.207 e. The lowest BCUT2D eigenvalue weighted by Gasteiger charge is -1.89. The molecule has 2 heteroatoms. The minimum atomic E-state index is -0.171. The maximum atomic E-state index is 12.1. The maximum absolute atomic E-state index is 12.1. The van der Waals surface area contributed by atoms with E-state index >= 15 is 0 Å². The third-order valence-electron chi connectivity index (χ3n) is 2.04. The second kappa shape index (κ2) is 6.33. The molecule has 0 spiro atoms. The molecule has 2 rings (SSSR count). The van der Waals surface area contributed by atoms with Crippen molar-refractivity contribution in [3.8, 4) is 0 Å². The average Bonchev–Trinajstić information content (AvgIpc) is 2.28. The first-order chi connectivity index (χ1) is 7.58. The Morgan fingerprint density at radius 1 is 0.750 bits per heavy atom. The van der Waals surface area contributed by atoms with Gasteiger partial charge in [-0.3, -0.25) is 0 Å². The Hall–Kier alpha value is -1.28. The second-order valence-corrected chi connectivity index (χ2v) is 4.15. The lowest BCUT2D eigenvalue weighted by Crippen LogP contribution is -1.71. The van der Waals surface area contributed by atoms with Crippen molar-refractivity contribution < 1.29 is 4.39 Å². The number of halogens is 1. The van der Waals surface area contributed by atoms with Gasteiger partial charge in [-0.2, -0.15) is 0 Å². The molecule has 0 bridgehead atoms. The normalized spacial score (nSPS) is 9.25. The van der Waals surface area contributed by atoms with Crippen LogP contribution in [-0.4, -0.2) is 0 Å². The molecule has 0 unspecified atom stereocenters. The molecule has 0 aliphatic rings. The highest BCUT2D eigenvalue weighted by Crippen LogP contribution is 2.05. The Morgan fingerprint density at radius 2 is 1.12 bits per heavy atom. The quantitative estimate of drug-likeness (QED) is 0.641. The van der Waals surface area contributed by atoms with Crippen LogP contribution in [-0.2, 0) is 0 Å². The van der Waals surface area contributed by atoms with Gasteiger partial charge < -0.3 is 0 Å². The first-order valence-corrected chi connectivity index (χ1v) is 5.50. The summed E-state index contributed by atoms with van der Waals surface area (Å²) < 4.78 is 12.1. The summed E-state index contributed by atoms with van der Waals surface area (Å²) in [6, 6.07) is 14.5. The van der Waals surface area contributed by atoms with Gasteiger partial charge in [0, 0.05) is 4.90 Å². The highest BCUT2D eigenvalue weighted by Gasteiger charge is 1.83. The molecular formula is C14H15FS. The summed E-state index contributed by atoms with van der Waals surface area (Å²) >= 11 is 4.13. The van der Waals surface area contributed by atoms with Crippen LogP contribution < -0.4 is 0 Å². The Bertz CT molecular complexity index is 332. The van der Waals surface area contributed by atoms with E-state index in [1.54, 1.807) is 12.1 Å². The van der Waals surface area contributed by atoms with Crippen molar-refractivity contribution in [3.63, 3.8) is 0 Å². The largest absolute Gasteiger partial charge is 0.207 e. The summed E-state index contributed by atoms with van der Waals surface area (Å²) in [4.78, 5) is 1.02. The van der Waals surface area contributed by atoms with E-state index in [1.165, 1.54) is 17.7 Å². The molecular weight excluding hydrogens is 219 g/mol. The number of aryl methyl sites for hydroxylation is 2. The third kappa shape index (κ3) is 4.99. The molecule has 0 aliphatic carbocycles. The van der Waals surface area contributed by atoms with Gasteiger partial charge in [0.1, 0.15) is 5.82 Å². The van der Waals surface area contributed by atoms with Crippen LogP contribution in [0.2, 0.25) is 0 Å². The number of benzene rings is 2. The van der Waals surface area contributed by atoms with Crippen LogP contribution in [0.1, 0.15) is 11.1 Å². The molecule has 0 radical (unpaired) electrons. The maximum Gasteiger partial charge on any atom is 0.123 e. The molecule has 0 aromatic heterocycles. The molecule has 0 saturated heterocycles. The molecule has 0 heterocycles. The summed E-state index contributed by atoms with van der Waals surface area (Å²) in [6.45, 7) is 3.99. The fourth-order valence-corrected chi connectivity index (χ4v) is 1.23. The van der Waals surface area contributed by atoms with Crippen LogP contribution in [0.3, 0.4) is 0 Å². The molecule has 2 aromatic carbocycles. The van der Waals surface area contributed by atoms with Crippen LogP contribution in [0.5, 0.6) is 0 Å². The molecule has 0 amide bonds. The first-order valence-electron chi connectivity index (χ1n) is 5.06. The standard InChI is InChI=1S/C7H7F.C7H8S/c2*1-6-2-4-7(8)5-3-6/h2-5H,1H3;2-5,8H,1H3. The van der Waals surface area contributed by atoms with E-state index < -0.39 is 0 Å². The van der Waals surface area contributed by atoms with Gasteiger partial charge >= 0.3 is 0 Å². The van der Waals surface area contributed by atoms with Crippen LogP contribution in [0, 0.1) is 19.7 Å². The lowest BCUT2D eigenvalue weighted by molar-refractivity contribution is 0.627. The van der Waals surface area contributed by atoms with E-state index in [4.69, 9.17) is 0 Å². The number of rotatable bonds is 0. The molecule has 0 aliphatic heterocycles. The zero-order valence-corrected chi connectivity index (χ0v) is 10.3. The summed E-state index contributed by atoms with van der Waals surface area (Å²) in [6.07, 6.45) is 0. The topological polar surface area (TPSA) is 0 Å². The predicted octanol–water partition coefficient (Wildman–Crippen LogP) is 4.42. The van der Waals surface area contributed by atoms with Gasteiger partial charge in [0.15, 0.2) is 0 Å². The minimum absolute atomic E-state index is 0.171. The smallest absolute Gasteiger partial charge is 0.123 e. The van der Waals surface area contributed by atoms with Crippen molar-refractivity contribution in [1.29, 1.82) is 0 Å². The van der Waals surface area contributed by atoms with Crippen LogP contribution in [0.25, 0.3) is 0 Å². The monoisotopic (exact) mass is 234 g/mol. The molecule has 2 aromatic rings. The molecule has 0 N–H and O–H groups in total. The van der Waals surface area contributed by atoms with Gasteiger partial charge in [-0.05, 0) is 38.1 Å². The highest BCUT2D eigenvalue weighted by molar-refractivity contribution is 7.80. The Morgan fingerprint density at radius 3 is 1.44 bits per heavy atom. The van der Waals surface area contributed by atoms with E-state index in [2.05, 4.69) is 19.6 Å².